The number of aliphatic carboxylic acids is 5. The van der Waals surface area contributed by atoms with E-state index in [1.807, 2.05) is 67.3 Å². The van der Waals surface area contributed by atoms with Crippen molar-refractivity contribution in [3.8, 4) is 5.75 Å². The number of rotatable bonds is 47. The summed E-state index contributed by atoms with van der Waals surface area (Å²) in [6, 6.07) is 10.3. The molecule has 42 nitrogen and oxygen atoms in total. The molecule has 1 spiro atoms. The predicted octanol–water partition coefficient (Wildman–Crippen LogP) is 2.87. The zero-order valence-electron chi connectivity index (χ0n) is 75.2. The van der Waals surface area contributed by atoms with Crippen LogP contribution in [0.1, 0.15) is 161 Å². The van der Waals surface area contributed by atoms with Crippen LogP contribution in [0.25, 0.3) is 22.1 Å². The third kappa shape index (κ3) is 21.9. The molecule has 12 rings (SSSR count). The fourth-order valence-electron chi connectivity index (χ4n) is 20.9. The highest BCUT2D eigenvalue weighted by molar-refractivity contribution is 8.76. The Morgan fingerprint density at radius 2 is 1.43 bits per heavy atom. The number of hydrogen-bond donors (Lipinski definition) is 18. The molecule has 6 aliphatic rings. The zero-order valence-corrected chi connectivity index (χ0v) is 76.8. The average molecular weight is 1910 g/mol. The van der Waals surface area contributed by atoms with Gasteiger partial charge in [0, 0.05) is 145 Å². The maximum atomic E-state index is 15.7. The number of aromatic amines is 2. The molecule has 20 N–H and O–H groups in total. The molecule has 3 aromatic heterocycles. The van der Waals surface area contributed by atoms with E-state index in [0.717, 1.165) is 38.1 Å². The minimum Gasteiger partial charge on any atom is -0.496 e. The molecule has 3 amide bonds. The number of fused-ring (bicyclic) bond motifs is 7. The number of anilines is 3. The molecule has 1 saturated carbocycles. The summed E-state index contributed by atoms with van der Waals surface area (Å²) in [7, 11) is 6.55. The summed E-state index contributed by atoms with van der Waals surface area (Å²) in [6.45, 7) is 6.15. The highest BCUT2D eigenvalue weighted by atomic mass is 33.1. The van der Waals surface area contributed by atoms with Crippen molar-refractivity contribution in [2.75, 3.05) is 94.6 Å². The number of piperidine rings is 1. The van der Waals surface area contributed by atoms with E-state index < -0.39 is 240 Å². The second-order valence-corrected chi connectivity index (χ2v) is 38.2. The Morgan fingerprint density at radius 1 is 0.741 bits per heavy atom. The van der Waals surface area contributed by atoms with Crippen LogP contribution in [0.2, 0.25) is 0 Å². The Balaban J connectivity index is 0.657. The summed E-state index contributed by atoms with van der Waals surface area (Å²) in [5, 5.41) is 110. The van der Waals surface area contributed by atoms with Gasteiger partial charge in [0.1, 0.15) is 35.7 Å². The van der Waals surface area contributed by atoms with E-state index >= 15 is 9.59 Å². The molecule has 3 fully saturated rings. The van der Waals surface area contributed by atoms with Gasteiger partial charge in [0.25, 0.3) is 11.5 Å². The van der Waals surface area contributed by atoms with E-state index in [0.29, 0.717) is 98.0 Å². The Morgan fingerprint density at radius 3 is 2.10 bits per heavy atom. The highest BCUT2D eigenvalue weighted by Gasteiger charge is 2.78. The lowest BCUT2D eigenvalue weighted by Crippen LogP contribution is -2.80. The maximum absolute atomic E-state index is 15.7. The van der Waals surface area contributed by atoms with Gasteiger partial charge in [-0.25, -0.2) is 14.8 Å². The number of H-pyrrole nitrogens is 2. The van der Waals surface area contributed by atoms with Gasteiger partial charge in [0.05, 0.1) is 99.8 Å². The molecule has 135 heavy (non-hydrogen) atoms. The topological polar surface area (TPSA) is 662 Å². The number of carbonyl (C=O) groups is 14. The molecular weight excluding hydrogens is 1800 g/mol. The minimum absolute atomic E-state index is 0.00726. The summed E-state index contributed by atoms with van der Waals surface area (Å²) >= 11 is 0. The fourth-order valence-corrected chi connectivity index (χ4v) is 23.0. The first-order chi connectivity index (χ1) is 64.2. The molecule has 1 aliphatic carbocycles. The zero-order chi connectivity index (χ0) is 97.9. The molecule has 5 aliphatic heterocycles. The number of aliphatic hydroxyl groups is 3. The van der Waals surface area contributed by atoms with Crippen molar-refractivity contribution in [3.05, 3.63) is 123 Å². The molecule has 8 heterocycles. The lowest BCUT2D eigenvalue weighted by atomic mass is 9.47. The molecule has 2 bridgehead atoms. The number of aromatic nitrogens is 5. The lowest BCUT2D eigenvalue weighted by Gasteiger charge is -2.63. The van der Waals surface area contributed by atoms with Gasteiger partial charge in [0.15, 0.2) is 40.1 Å². The van der Waals surface area contributed by atoms with Gasteiger partial charge in [-0.2, -0.15) is 4.98 Å². The SMILES string of the molecule is CC[C@]1(O)C[C@H]2CN(CCc3c([nH]c4ccccc34)[C@@](C(=O)OC)(c3cc4c(cc3OC)N(C)[C@H]3[C@@](O)(C(=O)CCC(=O)OCCSSC[C@@H](CC(=O)[C@@H](CC(=O)O)NC(=O)[C@@H](CC(=O)O)CC(=O)[C@@H](CCCNC(=N)N)NC(=O)[C@@H](CC(=O)O)CC(=O)CC[C@@H](NC(=O)c5ccc(NCc6cnc7nc(N)[nH]c(=O)c7n6)cc5)C(=O)O)C(=O)O)[C@H](O)[C@]5(CC)C=CCN6CC[C@]43[C@@H]65)C2)C1. The van der Waals surface area contributed by atoms with Crippen molar-refractivity contribution in [3.63, 3.8) is 0 Å². The number of carboxylic acids is 5. The number of hydrogen-bond acceptors (Lipinski definition) is 32. The summed E-state index contributed by atoms with van der Waals surface area (Å²) in [5.41, 5.74) is 7.70. The molecule has 3 aromatic carbocycles. The minimum atomic E-state index is -2.57. The third-order valence-electron chi connectivity index (χ3n) is 27.1. The number of aliphatic hydroxyl groups excluding tert-OH is 1. The monoisotopic (exact) mass is 1910 g/mol. The second-order valence-electron chi connectivity index (χ2n) is 35.6. The molecule has 2 saturated heterocycles. The number of benzene rings is 3. The Kier molecular flexibility index (Phi) is 32.3. The highest BCUT2D eigenvalue weighted by Crippen LogP contribution is 2.68. The van der Waals surface area contributed by atoms with Crippen molar-refractivity contribution >= 4 is 150 Å². The number of nitrogens with two attached hydrogens (primary N) is 2. The van der Waals surface area contributed by atoms with Crippen LogP contribution in [-0.4, -0.2) is 290 Å². The average Bonchev–Trinajstić information content (AvgIpc) is 1.48. The quantitative estimate of drug-likeness (QED) is 0.00652. The second kappa shape index (κ2) is 43.0. The number of carbonyl (C=O) groups excluding carboxylic acids is 9. The molecule has 44 heteroatoms. The van der Waals surface area contributed by atoms with E-state index in [1.54, 1.807) is 7.05 Å². The van der Waals surface area contributed by atoms with Crippen LogP contribution >= 0.6 is 21.6 Å². The van der Waals surface area contributed by atoms with Gasteiger partial charge in [-0.1, -0.05) is 65.8 Å². The summed E-state index contributed by atoms with van der Waals surface area (Å²) in [5.74, 6) is -23.0. The van der Waals surface area contributed by atoms with Crippen LogP contribution < -0.4 is 53.2 Å². The standard InChI is InChI=1S/C91H114N16O26S2/c1-6-87(129)40-47-41-90(84(128)132-5,73-56(23-28-106(44-47)46-87)55-12-8-9-13-59(55)99-73)58-37-57-63(39-66(58)131-4)105(3)82-89(57)25-29-107-27-11-24-88(7-2,81(89)107)83(127)91(82,130)67(111)21-22-71(118)133-30-31-134-135-45-51(79(123)124)34-65(110)62(38-70(116)117)102-77(121)50(36-69(114)115)33-64(109)60(14-10-26-95-85(92)93)100-76(120)49(35-68(112)113)32-54(108)19-20-61(80(125)126)101-75(119)48-15-17-52(18-16-48)96-42-53-43-97-74-72(98-53)78(122)104-86(94)103-74/h8-9,11-13,15-18,24,37,39,43,47,49-51,60-62,81-83,96,99,127,129-130H,6-7,10,14,19-23,25-36,38,40-42,44-46H2,1-5H3,(H,100,120)(H,101,119)(H,102,121)(H,112,113)(H,114,115)(H,116,117)(H,123,124)(H,125,126)(H4,92,93,95)(H3,94,97,103,104,122)/t47-,49-,50-,51-,60-,61-,62-,81+,82-,83-,87+,88-,89-,90+,91+/m1/s1. The van der Waals surface area contributed by atoms with Gasteiger partial charge in [0.2, 0.25) is 17.8 Å². The number of carboxylic acid groups (broad SMARTS) is 5. The van der Waals surface area contributed by atoms with Crippen molar-refractivity contribution in [1.29, 1.82) is 5.41 Å². The number of esters is 2. The van der Waals surface area contributed by atoms with Crippen LogP contribution in [0.5, 0.6) is 5.75 Å². The van der Waals surface area contributed by atoms with Crippen molar-refractivity contribution in [2.24, 2.45) is 34.8 Å². The molecular formula is C91H114N16O26S2. The van der Waals surface area contributed by atoms with Gasteiger partial charge in [-0.3, -0.25) is 87.3 Å². The van der Waals surface area contributed by atoms with Crippen LogP contribution in [0.4, 0.5) is 17.3 Å². The first-order valence-electron chi connectivity index (χ1n) is 44.6. The lowest BCUT2D eigenvalue weighted by molar-refractivity contribution is -0.202. The number of likely N-dealkylation sites (N-methyl/N-ethyl adjacent to an activating group) is 1. The number of nitrogens with one attached hydrogen (secondary N) is 8. The van der Waals surface area contributed by atoms with Crippen molar-refractivity contribution in [1.82, 2.24) is 56.0 Å². The smallest absolute Gasteiger partial charge is 0.326 e. The maximum Gasteiger partial charge on any atom is 0.326 e. The van der Waals surface area contributed by atoms with Crippen LogP contribution in [0.3, 0.4) is 0 Å². The van der Waals surface area contributed by atoms with Crippen LogP contribution in [0, 0.1) is 34.5 Å². The van der Waals surface area contributed by atoms with E-state index in [9.17, 15) is 103 Å². The number of amides is 3. The number of para-hydroxylation sites is 1. The first kappa shape index (κ1) is 101. The number of Topliss-reactive ketones (excluding diaryl/α,β-unsaturated/α-hetero) is 4. The summed E-state index contributed by atoms with van der Waals surface area (Å²) in [6.07, 6.45) is -3.20. The molecule has 16 atom stereocenters. The predicted molar refractivity (Wildman–Crippen MR) is 490 cm³/mol. The summed E-state index contributed by atoms with van der Waals surface area (Å²) in [4.78, 5) is 227. The Hall–Kier alpha value is -12.5. The number of methoxy groups -OCH3 is 2. The fraction of sp³-hybridized carbons (Fsp3) is 0.527. The van der Waals surface area contributed by atoms with E-state index in [1.165, 1.54) is 44.7 Å². The van der Waals surface area contributed by atoms with Crippen molar-refractivity contribution < 1.29 is 122 Å². The Labute approximate surface area is 781 Å². The largest absolute Gasteiger partial charge is 0.496 e. The third-order valence-corrected chi connectivity index (χ3v) is 29.6. The van der Waals surface area contributed by atoms with Gasteiger partial charge in [-0.05, 0) is 118 Å². The number of ketones is 4. The van der Waals surface area contributed by atoms with Gasteiger partial charge >= 0.3 is 41.8 Å². The number of guanidine groups is 1. The van der Waals surface area contributed by atoms with E-state index in [2.05, 4.69) is 61.3 Å². The van der Waals surface area contributed by atoms with E-state index in [4.69, 9.17) is 31.1 Å². The normalized spacial score (nSPS) is 23.8. The van der Waals surface area contributed by atoms with Crippen LogP contribution in [-0.2, 0) is 95.6 Å². The molecule has 6 aromatic rings. The molecule has 0 radical (unpaired) electrons. The van der Waals surface area contributed by atoms with Crippen LogP contribution in [0.15, 0.2) is 83.8 Å². The Bertz CT molecular complexity index is 5680. The number of nitrogens with zero attached hydrogens (tertiary/aromatic N) is 6. The molecule has 726 valence electrons. The molecule has 1 unspecified atom stereocenters. The van der Waals surface area contributed by atoms with Gasteiger partial charge < -0.3 is 103 Å². The van der Waals surface area contributed by atoms with E-state index in [-0.39, 0.29) is 85.5 Å². The number of ether oxygens (including phenoxy) is 3. The summed E-state index contributed by atoms with van der Waals surface area (Å²) < 4.78 is 18.0. The number of nitrogen functional groups attached to an aromatic ring is 1. The van der Waals surface area contributed by atoms with Crippen molar-refractivity contribution in [2.45, 2.75) is 194 Å². The van der Waals surface area contributed by atoms with Gasteiger partial charge in [-0.15, -0.1) is 0 Å². The first-order valence-corrected chi connectivity index (χ1v) is 47.0.